The maximum atomic E-state index is 2.31. The van der Waals surface area contributed by atoms with Gasteiger partial charge in [-0.1, -0.05) is 0 Å². The number of aryl methyl sites for hydroxylation is 2. The van der Waals surface area contributed by atoms with Gasteiger partial charge in [-0.15, -0.1) is 0 Å². The van der Waals surface area contributed by atoms with Gasteiger partial charge in [0.15, 0.2) is 0 Å². The van der Waals surface area contributed by atoms with Gasteiger partial charge >= 0.3 is 113 Å². The van der Waals surface area contributed by atoms with Crippen molar-refractivity contribution in [1.82, 2.24) is 0 Å². The van der Waals surface area contributed by atoms with Gasteiger partial charge in [0.2, 0.25) is 0 Å². The van der Waals surface area contributed by atoms with E-state index >= 15 is 0 Å². The van der Waals surface area contributed by atoms with E-state index in [0.717, 1.165) is 12.8 Å². The first-order chi connectivity index (χ1) is 8.35. The Hall–Kier alpha value is -0.872. The molecule has 0 N–H and O–H groups in total. The van der Waals surface area contributed by atoms with E-state index in [1.807, 2.05) is 0 Å². The molecule has 88 valence electrons. The number of hydrogen-bond acceptors (Lipinski definition) is 0. The van der Waals surface area contributed by atoms with E-state index in [-0.39, 0.29) is 18.6 Å². The van der Waals surface area contributed by atoms with Crippen molar-refractivity contribution in [3.63, 3.8) is 0 Å². The Morgan fingerprint density at radius 3 is 1.53 bits per heavy atom. The van der Waals surface area contributed by atoms with Crippen LogP contribution >= 0.6 is 0 Å². The minimum atomic E-state index is -0.226. The second-order valence-corrected chi connectivity index (χ2v) is 6.69. The van der Waals surface area contributed by atoms with Gasteiger partial charge < -0.3 is 0 Å². The zero-order valence-corrected chi connectivity index (χ0v) is 12.4. The third-order valence-electron chi connectivity index (χ3n) is 2.93. The van der Waals surface area contributed by atoms with Gasteiger partial charge in [0.05, 0.1) is 0 Å². The Balaban J connectivity index is 2.31. The average Bonchev–Trinajstić information content (AvgIpc) is 2.40. The molecule has 2 aromatic carbocycles. The fourth-order valence-corrected chi connectivity index (χ4v) is 4.90. The van der Waals surface area contributed by atoms with Gasteiger partial charge in [0, 0.05) is 0 Å². The molecule has 2 aromatic rings. The first-order valence-corrected chi connectivity index (χ1v) is 8.19. The molecule has 0 atom stereocenters. The van der Waals surface area contributed by atoms with E-state index < -0.39 is 0 Å². The van der Waals surface area contributed by atoms with Gasteiger partial charge in [-0.25, -0.2) is 0 Å². The summed E-state index contributed by atoms with van der Waals surface area (Å²) in [5.41, 5.74) is 3.06. The van der Waals surface area contributed by atoms with Crippen LogP contribution in [0.1, 0.15) is 25.0 Å². The van der Waals surface area contributed by atoms with Crippen LogP contribution < -0.4 is 7.91 Å². The minimum absolute atomic E-state index is 0.226. The molecule has 2 rings (SSSR count). The van der Waals surface area contributed by atoms with Crippen molar-refractivity contribution in [3.8, 4) is 0 Å². The van der Waals surface area contributed by atoms with E-state index in [1.54, 1.807) is 7.91 Å². The van der Waals surface area contributed by atoms with Crippen LogP contribution in [0.4, 0.5) is 0 Å². The van der Waals surface area contributed by atoms with Crippen LogP contribution in [0.2, 0.25) is 0 Å². The molecule has 0 saturated carbocycles. The molecule has 0 saturated heterocycles. The molecule has 0 spiro atoms. The fourth-order valence-electron chi connectivity index (χ4n) is 1.91. The van der Waals surface area contributed by atoms with Crippen molar-refractivity contribution in [2.75, 3.05) is 0 Å². The van der Waals surface area contributed by atoms with Crippen LogP contribution in [0, 0.1) is 0 Å². The molecular weight excluding hydrogens is 288 g/mol. The third kappa shape index (κ3) is 3.07. The van der Waals surface area contributed by atoms with E-state index in [1.165, 1.54) is 11.1 Å². The number of benzene rings is 2. The van der Waals surface area contributed by atoms with Crippen molar-refractivity contribution >= 4 is 7.91 Å². The molecule has 0 bridgehead atoms. The molecular formula is C16H18Mo. The van der Waals surface area contributed by atoms with E-state index in [4.69, 9.17) is 0 Å². The fraction of sp³-hybridized carbons (Fsp3) is 0.250. The Morgan fingerprint density at radius 1 is 0.706 bits per heavy atom. The van der Waals surface area contributed by atoms with Crippen LogP contribution in [0.25, 0.3) is 0 Å². The molecule has 1 heteroatoms. The predicted molar refractivity (Wildman–Crippen MR) is 70.9 cm³/mol. The molecule has 0 aliphatic carbocycles. The first-order valence-electron chi connectivity index (χ1n) is 6.18. The van der Waals surface area contributed by atoms with Gasteiger partial charge in [-0.3, -0.25) is 0 Å². The van der Waals surface area contributed by atoms with Gasteiger partial charge in [0.1, 0.15) is 0 Å². The van der Waals surface area contributed by atoms with Crippen LogP contribution in [-0.2, 0) is 31.4 Å². The van der Waals surface area contributed by atoms with Crippen molar-refractivity contribution in [1.29, 1.82) is 0 Å². The Morgan fingerprint density at radius 2 is 1.12 bits per heavy atom. The Labute approximate surface area is 113 Å². The quantitative estimate of drug-likeness (QED) is 0.762. The summed E-state index contributed by atoms with van der Waals surface area (Å²) in [4.78, 5) is 0. The van der Waals surface area contributed by atoms with Crippen LogP contribution in [-0.4, -0.2) is 0 Å². The van der Waals surface area contributed by atoms with Crippen molar-refractivity contribution < 1.29 is 18.6 Å². The van der Waals surface area contributed by atoms with Crippen LogP contribution in [0.3, 0.4) is 0 Å². The molecule has 0 heterocycles. The number of hydrogen-bond donors (Lipinski definition) is 0. The van der Waals surface area contributed by atoms with Crippen molar-refractivity contribution in [2.45, 2.75) is 26.7 Å². The summed E-state index contributed by atoms with van der Waals surface area (Å²) in [5.74, 6) is 0. The second-order valence-electron chi connectivity index (χ2n) is 4.02. The molecule has 0 fully saturated rings. The summed E-state index contributed by atoms with van der Waals surface area (Å²) >= 11 is -0.226. The van der Waals surface area contributed by atoms with E-state index in [2.05, 4.69) is 62.4 Å². The molecule has 0 nitrogen and oxygen atoms in total. The average molecular weight is 306 g/mol. The van der Waals surface area contributed by atoms with Crippen LogP contribution in [0.5, 0.6) is 0 Å². The van der Waals surface area contributed by atoms with E-state index in [9.17, 15) is 0 Å². The monoisotopic (exact) mass is 308 g/mol. The van der Waals surface area contributed by atoms with Crippen molar-refractivity contribution in [3.05, 3.63) is 59.7 Å². The third-order valence-corrected chi connectivity index (χ3v) is 5.97. The zero-order chi connectivity index (χ0) is 12.1. The summed E-state index contributed by atoms with van der Waals surface area (Å²) in [6, 6.07) is 17.8. The summed E-state index contributed by atoms with van der Waals surface area (Å²) in [7, 11) is 0. The summed E-state index contributed by atoms with van der Waals surface area (Å²) < 4.78 is 3.20. The first kappa shape index (κ1) is 12.6. The standard InChI is InChI=1S/2C8H9.Mo/c2*1-2-8-6-4-3-5-7-8;/h2*3-6H,2H2,1H3;. The topological polar surface area (TPSA) is 0 Å². The summed E-state index contributed by atoms with van der Waals surface area (Å²) in [6.45, 7) is 4.50. The maximum absolute atomic E-state index is 2.31. The molecule has 0 aromatic heterocycles. The predicted octanol–water partition coefficient (Wildman–Crippen LogP) is 2.84. The molecule has 0 unspecified atom stereocenters. The SMILES string of the molecule is CCc1cccc[c]1[Mo][c]1ccccc1CC. The summed E-state index contributed by atoms with van der Waals surface area (Å²) in [5, 5.41) is 0. The number of rotatable bonds is 4. The molecule has 0 amide bonds. The van der Waals surface area contributed by atoms with Gasteiger partial charge in [-0.2, -0.15) is 0 Å². The van der Waals surface area contributed by atoms with Crippen molar-refractivity contribution in [2.24, 2.45) is 0 Å². The zero-order valence-electron chi connectivity index (χ0n) is 10.4. The van der Waals surface area contributed by atoms with E-state index in [0.29, 0.717) is 0 Å². The molecule has 0 aliphatic rings. The van der Waals surface area contributed by atoms with Gasteiger partial charge in [-0.05, 0) is 0 Å². The molecule has 17 heavy (non-hydrogen) atoms. The Bertz CT molecular complexity index is 443. The Kier molecular flexibility index (Phi) is 4.56. The molecule has 0 aliphatic heterocycles. The summed E-state index contributed by atoms with van der Waals surface area (Å²) in [6.07, 6.45) is 2.30. The second kappa shape index (κ2) is 6.17. The normalized spacial score (nSPS) is 10.5. The van der Waals surface area contributed by atoms with Crippen LogP contribution in [0.15, 0.2) is 48.5 Å². The van der Waals surface area contributed by atoms with Gasteiger partial charge in [0.25, 0.3) is 0 Å². The molecule has 0 radical (unpaired) electrons.